The Bertz CT molecular complexity index is 498. The van der Waals surface area contributed by atoms with Gasteiger partial charge in [-0.15, -0.1) is 11.3 Å². The molecule has 0 radical (unpaired) electrons. The number of benzene rings is 1. The zero-order valence-electron chi connectivity index (χ0n) is 8.74. The van der Waals surface area contributed by atoms with Gasteiger partial charge in [0.2, 0.25) is 0 Å². The average Bonchev–Trinajstić information content (AvgIpc) is 2.65. The number of aromatic nitrogens is 1. The summed E-state index contributed by atoms with van der Waals surface area (Å²) in [5.41, 5.74) is 7.52. The Labute approximate surface area is 106 Å². The molecule has 1 aromatic heterocycles. The van der Waals surface area contributed by atoms with Gasteiger partial charge in [0.1, 0.15) is 5.75 Å². The first-order valence-corrected chi connectivity index (χ1v) is 6.51. The molecule has 0 aliphatic heterocycles. The number of nitrogens with zero attached hydrogens (tertiary/aromatic N) is 1. The summed E-state index contributed by atoms with van der Waals surface area (Å²) in [4.78, 5) is 4.24. The van der Waals surface area contributed by atoms with Crippen molar-refractivity contribution in [2.75, 3.05) is 12.3 Å². The maximum absolute atomic E-state index is 5.61. The summed E-state index contributed by atoms with van der Waals surface area (Å²) in [7, 11) is 0. The van der Waals surface area contributed by atoms with Crippen LogP contribution in [0.2, 0.25) is 0 Å². The maximum Gasteiger partial charge on any atom is 0.180 e. The molecule has 1 aromatic carbocycles. The van der Waals surface area contributed by atoms with Gasteiger partial charge in [0.15, 0.2) is 5.13 Å². The van der Waals surface area contributed by atoms with Crippen molar-refractivity contribution >= 4 is 32.4 Å². The highest BCUT2D eigenvalue weighted by molar-refractivity contribution is 9.10. The Kier molecular flexibility index (Phi) is 3.46. The Hall–Kier alpha value is -1.07. The second kappa shape index (κ2) is 4.84. The van der Waals surface area contributed by atoms with Gasteiger partial charge in [-0.2, -0.15) is 0 Å². The number of nitrogen functional groups attached to an aromatic ring is 1. The lowest BCUT2D eigenvalue weighted by Gasteiger charge is -2.06. The molecule has 1 heterocycles. The van der Waals surface area contributed by atoms with Crippen molar-refractivity contribution in [1.82, 2.24) is 4.98 Å². The van der Waals surface area contributed by atoms with E-state index < -0.39 is 0 Å². The van der Waals surface area contributed by atoms with Crippen LogP contribution in [0.3, 0.4) is 0 Å². The van der Waals surface area contributed by atoms with Gasteiger partial charge in [0, 0.05) is 15.4 Å². The summed E-state index contributed by atoms with van der Waals surface area (Å²) < 4.78 is 6.37. The first kappa shape index (κ1) is 11.4. The molecule has 0 saturated carbocycles. The predicted molar refractivity (Wildman–Crippen MR) is 70.8 cm³/mol. The molecule has 0 amide bonds. The monoisotopic (exact) mass is 298 g/mol. The minimum Gasteiger partial charge on any atom is -0.494 e. The number of ether oxygens (including phenoxy) is 1. The summed E-state index contributed by atoms with van der Waals surface area (Å²) in [6, 6.07) is 5.84. The van der Waals surface area contributed by atoms with E-state index >= 15 is 0 Å². The van der Waals surface area contributed by atoms with E-state index in [2.05, 4.69) is 20.9 Å². The standard InChI is InChI=1S/C11H11BrN2OS/c1-2-15-7-3-4-8(9(12)5-7)10-6-16-11(13)14-10/h3-6H,2H2,1H3,(H2,13,14). The van der Waals surface area contributed by atoms with Gasteiger partial charge in [-0.05, 0) is 41.1 Å². The van der Waals surface area contributed by atoms with Gasteiger partial charge in [-0.3, -0.25) is 0 Å². The van der Waals surface area contributed by atoms with Crippen molar-refractivity contribution in [3.63, 3.8) is 0 Å². The highest BCUT2D eigenvalue weighted by atomic mass is 79.9. The lowest BCUT2D eigenvalue weighted by molar-refractivity contribution is 0.340. The molecule has 16 heavy (non-hydrogen) atoms. The van der Waals surface area contributed by atoms with E-state index in [1.165, 1.54) is 11.3 Å². The van der Waals surface area contributed by atoms with Crippen LogP contribution in [0.15, 0.2) is 28.1 Å². The molecule has 0 aliphatic rings. The third-order valence-corrected chi connectivity index (χ3v) is 3.38. The topological polar surface area (TPSA) is 48.1 Å². The summed E-state index contributed by atoms with van der Waals surface area (Å²) >= 11 is 4.94. The van der Waals surface area contributed by atoms with Crippen LogP contribution in [0, 0.1) is 0 Å². The van der Waals surface area contributed by atoms with Crippen molar-refractivity contribution in [1.29, 1.82) is 0 Å². The predicted octanol–water partition coefficient (Wildman–Crippen LogP) is 3.55. The molecule has 0 saturated heterocycles. The molecule has 3 nitrogen and oxygen atoms in total. The first-order valence-electron chi connectivity index (χ1n) is 4.84. The zero-order chi connectivity index (χ0) is 11.5. The lowest BCUT2D eigenvalue weighted by atomic mass is 10.2. The van der Waals surface area contributed by atoms with E-state index in [9.17, 15) is 0 Å². The van der Waals surface area contributed by atoms with E-state index in [0.29, 0.717) is 11.7 Å². The van der Waals surface area contributed by atoms with Crippen molar-refractivity contribution in [2.45, 2.75) is 6.92 Å². The number of nitrogens with two attached hydrogens (primary N) is 1. The molecule has 84 valence electrons. The molecule has 0 atom stereocenters. The average molecular weight is 299 g/mol. The minimum absolute atomic E-state index is 0.579. The summed E-state index contributed by atoms with van der Waals surface area (Å²) in [6.07, 6.45) is 0. The molecule has 0 unspecified atom stereocenters. The maximum atomic E-state index is 5.61. The van der Waals surface area contributed by atoms with Crippen LogP contribution in [-0.2, 0) is 0 Å². The molecule has 0 spiro atoms. The second-order valence-electron chi connectivity index (χ2n) is 3.15. The van der Waals surface area contributed by atoms with Crippen molar-refractivity contribution in [3.8, 4) is 17.0 Å². The third-order valence-electron chi connectivity index (χ3n) is 2.05. The minimum atomic E-state index is 0.579. The number of hydrogen-bond donors (Lipinski definition) is 1. The quantitative estimate of drug-likeness (QED) is 0.942. The summed E-state index contributed by atoms with van der Waals surface area (Å²) in [6.45, 7) is 2.62. The smallest absolute Gasteiger partial charge is 0.180 e. The van der Waals surface area contributed by atoms with E-state index in [1.807, 2.05) is 30.5 Å². The van der Waals surface area contributed by atoms with Crippen LogP contribution in [0.25, 0.3) is 11.3 Å². The zero-order valence-corrected chi connectivity index (χ0v) is 11.1. The van der Waals surface area contributed by atoms with Crippen molar-refractivity contribution in [3.05, 3.63) is 28.1 Å². The Balaban J connectivity index is 2.36. The fourth-order valence-corrected chi connectivity index (χ4v) is 2.50. The molecule has 0 fully saturated rings. The highest BCUT2D eigenvalue weighted by Gasteiger charge is 2.07. The van der Waals surface area contributed by atoms with E-state index in [1.54, 1.807) is 0 Å². The van der Waals surface area contributed by atoms with E-state index in [0.717, 1.165) is 21.5 Å². The van der Waals surface area contributed by atoms with Gasteiger partial charge in [-0.1, -0.05) is 0 Å². The first-order chi connectivity index (χ1) is 7.70. The van der Waals surface area contributed by atoms with E-state index in [-0.39, 0.29) is 0 Å². The molecule has 2 N–H and O–H groups in total. The van der Waals surface area contributed by atoms with Crippen LogP contribution in [-0.4, -0.2) is 11.6 Å². The molecule has 2 aromatic rings. The fraction of sp³-hybridized carbons (Fsp3) is 0.182. The van der Waals surface area contributed by atoms with Crippen LogP contribution in [0.1, 0.15) is 6.92 Å². The van der Waals surface area contributed by atoms with Gasteiger partial charge in [-0.25, -0.2) is 4.98 Å². The molecule has 0 aliphatic carbocycles. The molecule has 5 heteroatoms. The molecule has 2 rings (SSSR count). The number of thiazole rings is 1. The van der Waals surface area contributed by atoms with E-state index in [4.69, 9.17) is 10.5 Å². The van der Waals surface area contributed by atoms with Crippen LogP contribution in [0.4, 0.5) is 5.13 Å². The van der Waals surface area contributed by atoms with Gasteiger partial charge in [0.05, 0.1) is 12.3 Å². The van der Waals surface area contributed by atoms with Crippen LogP contribution in [0.5, 0.6) is 5.75 Å². The number of anilines is 1. The Morgan fingerprint density at radius 3 is 2.88 bits per heavy atom. The summed E-state index contributed by atoms with van der Waals surface area (Å²) in [5.74, 6) is 0.848. The van der Waals surface area contributed by atoms with Crippen LogP contribution < -0.4 is 10.5 Å². The molecular formula is C11H11BrN2OS. The summed E-state index contributed by atoms with van der Waals surface area (Å²) in [5, 5.41) is 2.52. The second-order valence-corrected chi connectivity index (χ2v) is 4.89. The highest BCUT2D eigenvalue weighted by Crippen LogP contribution is 2.32. The van der Waals surface area contributed by atoms with Gasteiger partial charge < -0.3 is 10.5 Å². The fourth-order valence-electron chi connectivity index (χ4n) is 1.37. The Morgan fingerprint density at radius 2 is 2.31 bits per heavy atom. The largest absolute Gasteiger partial charge is 0.494 e. The lowest BCUT2D eigenvalue weighted by Crippen LogP contribution is -1.91. The number of rotatable bonds is 3. The number of halogens is 1. The third kappa shape index (κ3) is 2.36. The van der Waals surface area contributed by atoms with Gasteiger partial charge >= 0.3 is 0 Å². The van der Waals surface area contributed by atoms with Crippen molar-refractivity contribution in [2.24, 2.45) is 0 Å². The van der Waals surface area contributed by atoms with Gasteiger partial charge in [0.25, 0.3) is 0 Å². The SMILES string of the molecule is CCOc1ccc(-c2csc(N)n2)c(Br)c1. The number of hydrogen-bond acceptors (Lipinski definition) is 4. The Morgan fingerprint density at radius 1 is 1.50 bits per heavy atom. The molecule has 0 bridgehead atoms. The molecular weight excluding hydrogens is 288 g/mol. The van der Waals surface area contributed by atoms with Crippen LogP contribution >= 0.6 is 27.3 Å². The normalized spacial score (nSPS) is 10.4. The van der Waals surface area contributed by atoms with Crippen molar-refractivity contribution < 1.29 is 4.74 Å².